The average Bonchev–Trinajstić information content (AvgIpc) is 2.26. The van der Waals surface area contributed by atoms with E-state index >= 15 is 0 Å². The second kappa shape index (κ2) is 5.86. The van der Waals surface area contributed by atoms with E-state index in [9.17, 15) is 13.2 Å². The van der Waals surface area contributed by atoms with Crippen molar-refractivity contribution in [2.75, 3.05) is 11.5 Å². The van der Waals surface area contributed by atoms with Gasteiger partial charge in [0.1, 0.15) is 0 Å². The van der Waals surface area contributed by atoms with E-state index in [4.69, 9.17) is 5.73 Å². The molecule has 0 saturated heterocycles. The van der Waals surface area contributed by atoms with Crippen LogP contribution in [0.1, 0.15) is 20.3 Å². The van der Waals surface area contributed by atoms with E-state index in [1.807, 2.05) is 13.8 Å². The van der Waals surface area contributed by atoms with Gasteiger partial charge in [0.25, 0.3) is 0 Å². The van der Waals surface area contributed by atoms with Crippen molar-refractivity contribution in [2.45, 2.75) is 31.2 Å². The molecular weight excluding hydrogens is 252 g/mol. The third-order valence-electron chi connectivity index (χ3n) is 2.30. The fourth-order valence-electron chi connectivity index (χ4n) is 1.49. The predicted molar refractivity (Wildman–Crippen MR) is 70.8 cm³/mol. The zero-order chi connectivity index (χ0) is 13.8. The van der Waals surface area contributed by atoms with Gasteiger partial charge in [0.15, 0.2) is 9.84 Å². The minimum atomic E-state index is -3.51. The van der Waals surface area contributed by atoms with E-state index in [0.29, 0.717) is 0 Å². The van der Waals surface area contributed by atoms with Gasteiger partial charge in [0, 0.05) is 12.5 Å². The van der Waals surface area contributed by atoms with Gasteiger partial charge in [-0.2, -0.15) is 0 Å². The zero-order valence-corrected chi connectivity index (χ0v) is 11.3. The second-order valence-corrected chi connectivity index (χ2v) is 6.41. The maximum Gasteiger partial charge on any atom is 0.221 e. The maximum absolute atomic E-state index is 12.0. The van der Waals surface area contributed by atoms with Crippen LogP contribution >= 0.6 is 0 Å². The second-order valence-electron chi connectivity index (χ2n) is 4.33. The Balaban J connectivity index is 2.72. The summed E-state index contributed by atoms with van der Waals surface area (Å²) in [7, 11) is -3.51. The summed E-state index contributed by atoms with van der Waals surface area (Å²) in [5, 5.41) is 2.65. The van der Waals surface area contributed by atoms with Crippen molar-refractivity contribution in [1.82, 2.24) is 5.32 Å². The van der Waals surface area contributed by atoms with Crippen LogP contribution in [0.3, 0.4) is 0 Å². The Labute approximate surface area is 107 Å². The van der Waals surface area contributed by atoms with Crippen LogP contribution in [0, 0.1) is 0 Å². The third-order valence-corrected chi connectivity index (χ3v) is 4.09. The van der Waals surface area contributed by atoms with Crippen molar-refractivity contribution >= 4 is 21.4 Å². The molecule has 1 amide bonds. The first-order valence-electron chi connectivity index (χ1n) is 5.69. The molecule has 1 rings (SSSR count). The van der Waals surface area contributed by atoms with Crippen LogP contribution in [0.25, 0.3) is 0 Å². The molecule has 6 heteroatoms. The van der Waals surface area contributed by atoms with Crippen molar-refractivity contribution in [1.29, 1.82) is 0 Å². The monoisotopic (exact) mass is 270 g/mol. The molecule has 0 aliphatic rings. The first-order chi connectivity index (χ1) is 8.33. The molecule has 0 saturated carbocycles. The van der Waals surface area contributed by atoms with Gasteiger partial charge in [-0.05, 0) is 26.0 Å². The number of carbonyl (C=O) groups is 1. The van der Waals surface area contributed by atoms with Gasteiger partial charge in [0.2, 0.25) is 5.91 Å². The lowest BCUT2D eigenvalue weighted by Crippen LogP contribution is -2.31. The number of rotatable bonds is 5. The number of hydrogen-bond donors (Lipinski definition) is 2. The number of amides is 1. The Hall–Kier alpha value is -1.56. The lowest BCUT2D eigenvalue weighted by molar-refractivity contribution is -0.121. The number of para-hydroxylation sites is 1. The summed E-state index contributed by atoms with van der Waals surface area (Å²) in [6.07, 6.45) is -0.0607. The van der Waals surface area contributed by atoms with Crippen LogP contribution in [0.15, 0.2) is 29.2 Å². The van der Waals surface area contributed by atoms with E-state index in [-0.39, 0.29) is 34.7 Å². The van der Waals surface area contributed by atoms with Gasteiger partial charge < -0.3 is 11.1 Å². The summed E-state index contributed by atoms with van der Waals surface area (Å²) in [4.78, 5) is 11.5. The van der Waals surface area contributed by atoms with Crippen molar-refractivity contribution in [3.63, 3.8) is 0 Å². The number of carbonyl (C=O) groups excluding carboxylic acids is 1. The van der Waals surface area contributed by atoms with Gasteiger partial charge in [-0.1, -0.05) is 12.1 Å². The highest BCUT2D eigenvalue weighted by Gasteiger charge is 2.18. The smallest absolute Gasteiger partial charge is 0.221 e. The van der Waals surface area contributed by atoms with E-state index in [0.717, 1.165) is 0 Å². The van der Waals surface area contributed by atoms with E-state index in [2.05, 4.69) is 5.32 Å². The Morgan fingerprint density at radius 1 is 1.33 bits per heavy atom. The molecule has 0 aliphatic heterocycles. The Bertz CT molecular complexity index is 524. The minimum Gasteiger partial charge on any atom is -0.398 e. The number of nitrogens with two attached hydrogens (primary N) is 1. The SMILES string of the molecule is CC(C)NC(=O)CCS(=O)(=O)c1ccccc1N. The van der Waals surface area contributed by atoms with Crippen LogP contribution in [-0.2, 0) is 14.6 Å². The average molecular weight is 270 g/mol. The molecule has 0 fully saturated rings. The van der Waals surface area contributed by atoms with E-state index in [1.54, 1.807) is 12.1 Å². The lowest BCUT2D eigenvalue weighted by Gasteiger charge is -2.09. The quantitative estimate of drug-likeness (QED) is 0.780. The van der Waals surface area contributed by atoms with Gasteiger partial charge in [-0.25, -0.2) is 8.42 Å². The van der Waals surface area contributed by atoms with Crippen molar-refractivity contribution in [2.24, 2.45) is 0 Å². The highest BCUT2D eigenvalue weighted by Crippen LogP contribution is 2.19. The van der Waals surface area contributed by atoms with Crippen molar-refractivity contribution in [3.05, 3.63) is 24.3 Å². The molecular formula is C12H18N2O3S. The van der Waals surface area contributed by atoms with Gasteiger partial charge >= 0.3 is 0 Å². The highest BCUT2D eigenvalue weighted by molar-refractivity contribution is 7.91. The molecule has 0 aromatic heterocycles. The van der Waals surface area contributed by atoms with Crippen LogP contribution < -0.4 is 11.1 Å². The van der Waals surface area contributed by atoms with Crippen LogP contribution in [-0.4, -0.2) is 26.1 Å². The van der Waals surface area contributed by atoms with Crippen LogP contribution in [0.4, 0.5) is 5.69 Å². The standard InChI is InChI=1S/C12H18N2O3S/c1-9(2)14-12(15)7-8-18(16,17)11-6-4-3-5-10(11)13/h3-6,9H,7-8,13H2,1-2H3,(H,14,15). The van der Waals surface area contributed by atoms with Gasteiger partial charge in [-0.3, -0.25) is 4.79 Å². The maximum atomic E-state index is 12.0. The normalized spacial score (nSPS) is 11.5. The first-order valence-corrected chi connectivity index (χ1v) is 7.35. The molecule has 3 N–H and O–H groups in total. The summed E-state index contributed by atoms with van der Waals surface area (Å²) >= 11 is 0. The first kappa shape index (κ1) is 14.5. The summed E-state index contributed by atoms with van der Waals surface area (Å²) in [6.45, 7) is 3.64. The fraction of sp³-hybridized carbons (Fsp3) is 0.417. The fourth-order valence-corrected chi connectivity index (χ4v) is 2.88. The third kappa shape index (κ3) is 4.03. The molecule has 0 heterocycles. The largest absolute Gasteiger partial charge is 0.398 e. The number of hydrogen-bond acceptors (Lipinski definition) is 4. The molecule has 0 unspecified atom stereocenters. The number of sulfone groups is 1. The molecule has 0 aliphatic carbocycles. The topological polar surface area (TPSA) is 89.3 Å². The summed E-state index contributed by atoms with van der Waals surface area (Å²) in [6, 6.07) is 6.26. The molecule has 0 spiro atoms. The van der Waals surface area contributed by atoms with Gasteiger partial charge in [0.05, 0.1) is 16.3 Å². The number of anilines is 1. The van der Waals surface area contributed by atoms with Crippen molar-refractivity contribution < 1.29 is 13.2 Å². The molecule has 0 bridgehead atoms. The Morgan fingerprint density at radius 3 is 2.50 bits per heavy atom. The summed E-state index contributed by atoms with van der Waals surface area (Å²) in [5.41, 5.74) is 5.82. The Morgan fingerprint density at radius 2 is 1.94 bits per heavy atom. The number of nitrogen functional groups attached to an aromatic ring is 1. The highest BCUT2D eigenvalue weighted by atomic mass is 32.2. The van der Waals surface area contributed by atoms with Crippen molar-refractivity contribution in [3.8, 4) is 0 Å². The predicted octanol–water partition coefficient (Wildman–Crippen LogP) is 0.957. The van der Waals surface area contributed by atoms with E-state index in [1.165, 1.54) is 12.1 Å². The van der Waals surface area contributed by atoms with Gasteiger partial charge in [-0.15, -0.1) is 0 Å². The molecule has 0 radical (unpaired) electrons. The number of benzene rings is 1. The number of nitrogens with one attached hydrogen (secondary N) is 1. The Kier molecular flexibility index (Phi) is 4.72. The molecule has 1 aromatic carbocycles. The molecule has 100 valence electrons. The van der Waals surface area contributed by atoms with E-state index < -0.39 is 9.84 Å². The summed E-state index contributed by atoms with van der Waals surface area (Å²) < 4.78 is 24.0. The van der Waals surface area contributed by atoms with Crippen LogP contribution in [0.5, 0.6) is 0 Å². The lowest BCUT2D eigenvalue weighted by atomic mass is 10.3. The molecule has 18 heavy (non-hydrogen) atoms. The molecule has 1 aromatic rings. The molecule has 0 atom stereocenters. The molecule has 5 nitrogen and oxygen atoms in total. The minimum absolute atomic E-state index is 0.00185. The summed E-state index contributed by atoms with van der Waals surface area (Å²) in [5.74, 6) is -0.511. The zero-order valence-electron chi connectivity index (χ0n) is 10.5. The van der Waals surface area contributed by atoms with Crippen LogP contribution in [0.2, 0.25) is 0 Å².